The maximum atomic E-state index is 13.0. The number of aromatic nitrogens is 2. The van der Waals surface area contributed by atoms with Gasteiger partial charge in [0, 0.05) is 11.6 Å². The standard InChI is InChI=1S/C24H20N4O5/c1-32-19-10-6-16(7-11-19)13-26-33-15-23-27-21-5-3-2-4-20(21)24(31)28(23)25-14-17-8-9-18(29)12-22(17)30/h2-14,29-30H,15H2,1H3/b25-14+,26-13+. The number of aromatic hydroxyl groups is 2. The Balaban J connectivity index is 1.62. The van der Waals surface area contributed by atoms with E-state index in [-0.39, 0.29) is 23.9 Å². The quantitative estimate of drug-likeness (QED) is 0.334. The van der Waals surface area contributed by atoms with Gasteiger partial charge in [0.2, 0.25) is 0 Å². The van der Waals surface area contributed by atoms with Gasteiger partial charge in [-0.05, 0) is 54.1 Å². The van der Waals surface area contributed by atoms with Crippen LogP contribution < -0.4 is 10.3 Å². The van der Waals surface area contributed by atoms with Crippen molar-refractivity contribution in [2.45, 2.75) is 6.61 Å². The van der Waals surface area contributed by atoms with Gasteiger partial charge < -0.3 is 19.8 Å². The van der Waals surface area contributed by atoms with Crippen LogP contribution in [0, 0.1) is 0 Å². The molecular weight excluding hydrogens is 424 g/mol. The van der Waals surface area contributed by atoms with Gasteiger partial charge in [-0.2, -0.15) is 9.78 Å². The molecule has 1 aromatic heterocycles. The topological polar surface area (TPSA) is 119 Å². The van der Waals surface area contributed by atoms with Crippen LogP contribution in [0.5, 0.6) is 17.2 Å². The van der Waals surface area contributed by atoms with Crippen molar-refractivity contribution >= 4 is 23.3 Å². The number of phenolic OH excluding ortho intramolecular Hbond substituents is 2. The largest absolute Gasteiger partial charge is 0.508 e. The van der Waals surface area contributed by atoms with Crippen LogP contribution in [0.2, 0.25) is 0 Å². The van der Waals surface area contributed by atoms with Crippen molar-refractivity contribution < 1.29 is 19.8 Å². The number of fused-ring (bicyclic) bond motifs is 1. The Morgan fingerprint density at radius 3 is 2.58 bits per heavy atom. The van der Waals surface area contributed by atoms with Crippen LogP contribution in [0.3, 0.4) is 0 Å². The third-order valence-electron chi connectivity index (χ3n) is 4.73. The van der Waals surface area contributed by atoms with Crippen LogP contribution in [0.15, 0.2) is 81.8 Å². The SMILES string of the molecule is COc1ccc(/C=N/OCc2nc3ccccc3c(=O)n2/N=C/c2ccc(O)cc2O)cc1. The molecule has 0 spiro atoms. The predicted molar refractivity (Wildman–Crippen MR) is 124 cm³/mol. The van der Waals surface area contributed by atoms with Crippen LogP contribution in [-0.4, -0.2) is 39.4 Å². The average Bonchev–Trinajstić information content (AvgIpc) is 2.83. The van der Waals surface area contributed by atoms with Crippen LogP contribution in [-0.2, 0) is 11.4 Å². The molecule has 0 aliphatic heterocycles. The molecule has 0 aliphatic carbocycles. The zero-order valence-corrected chi connectivity index (χ0v) is 17.6. The fourth-order valence-electron chi connectivity index (χ4n) is 3.03. The summed E-state index contributed by atoms with van der Waals surface area (Å²) in [6.07, 6.45) is 2.83. The first kappa shape index (κ1) is 21.6. The van der Waals surface area contributed by atoms with Gasteiger partial charge in [-0.3, -0.25) is 4.79 Å². The molecule has 1 heterocycles. The molecule has 4 rings (SSSR count). The minimum atomic E-state index is -0.396. The van der Waals surface area contributed by atoms with Gasteiger partial charge in [0.25, 0.3) is 5.56 Å². The fraction of sp³-hybridized carbons (Fsp3) is 0.0833. The Morgan fingerprint density at radius 1 is 1.03 bits per heavy atom. The lowest BCUT2D eigenvalue weighted by Crippen LogP contribution is -2.22. The normalized spacial score (nSPS) is 11.4. The van der Waals surface area contributed by atoms with Crippen molar-refractivity contribution in [2.24, 2.45) is 10.3 Å². The lowest BCUT2D eigenvalue weighted by Gasteiger charge is -2.08. The second-order valence-electron chi connectivity index (χ2n) is 6.93. The highest BCUT2D eigenvalue weighted by Gasteiger charge is 2.11. The summed E-state index contributed by atoms with van der Waals surface area (Å²) in [6, 6.07) is 18.2. The molecule has 0 radical (unpaired) electrons. The summed E-state index contributed by atoms with van der Waals surface area (Å²) in [5.74, 6) is 0.690. The minimum absolute atomic E-state index is 0.0852. The van der Waals surface area contributed by atoms with Crippen molar-refractivity contribution in [3.63, 3.8) is 0 Å². The first-order valence-corrected chi connectivity index (χ1v) is 9.91. The molecule has 166 valence electrons. The number of benzene rings is 3. The van der Waals surface area contributed by atoms with Crippen molar-refractivity contribution in [2.75, 3.05) is 7.11 Å². The van der Waals surface area contributed by atoms with E-state index in [1.54, 1.807) is 43.5 Å². The van der Waals surface area contributed by atoms with Crippen LogP contribution in [0.1, 0.15) is 17.0 Å². The highest BCUT2D eigenvalue weighted by Crippen LogP contribution is 2.21. The number of para-hydroxylation sites is 1. The van der Waals surface area contributed by atoms with Gasteiger partial charge in [0.15, 0.2) is 12.4 Å². The number of hydrogen-bond donors (Lipinski definition) is 2. The van der Waals surface area contributed by atoms with E-state index in [2.05, 4.69) is 15.2 Å². The Hall–Kier alpha value is -4.66. The predicted octanol–water partition coefficient (Wildman–Crippen LogP) is 3.25. The van der Waals surface area contributed by atoms with E-state index in [1.807, 2.05) is 12.1 Å². The number of methoxy groups -OCH3 is 1. The molecule has 3 aromatic carbocycles. The first-order chi connectivity index (χ1) is 16.0. The zero-order valence-electron chi connectivity index (χ0n) is 17.6. The zero-order chi connectivity index (χ0) is 23.2. The molecule has 0 unspecified atom stereocenters. The highest BCUT2D eigenvalue weighted by molar-refractivity contribution is 5.84. The van der Waals surface area contributed by atoms with Crippen LogP contribution >= 0.6 is 0 Å². The van der Waals surface area contributed by atoms with Gasteiger partial charge in [-0.25, -0.2) is 4.98 Å². The number of ether oxygens (including phenoxy) is 1. The smallest absolute Gasteiger partial charge is 0.282 e. The molecule has 2 N–H and O–H groups in total. The van der Waals surface area contributed by atoms with Crippen LogP contribution in [0.4, 0.5) is 0 Å². The van der Waals surface area contributed by atoms with Crippen molar-refractivity contribution in [3.8, 4) is 17.2 Å². The number of rotatable bonds is 7. The second kappa shape index (κ2) is 9.65. The molecule has 4 aromatic rings. The summed E-state index contributed by atoms with van der Waals surface area (Å²) in [5.41, 5.74) is 1.23. The maximum absolute atomic E-state index is 13.0. The van der Waals surface area contributed by atoms with Gasteiger partial charge >= 0.3 is 0 Å². The average molecular weight is 444 g/mol. The Labute approximate surface area is 188 Å². The molecule has 0 bridgehead atoms. The summed E-state index contributed by atoms with van der Waals surface area (Å²) < 4.78 is 6.22. The van der Waals surface area contributed by atoms with E-state index in [0.717, 1.165) is 16.0 Å². The summed E-state index contributed by atoms with van der Waals surface area (Å²) >= 11 is 0. The summed E-state index contributed by atoms with van der Waals surface area (Å²) in [4.78, 5) is 22.9. The number of phenols is 2. The third-order valence-corrected chi connectivity index (χ3v) is 4.73. The molecular formula is C24H20N4O5. The fourth-order valence-corrected chi connectivity index (χ4v) is 3.03. The monoisotopic (exact) mass is 444 g/mol. The molecule has 9 heteroatoms. The third kappa shape index (κ3) is 4.99. The lowest BCUT2D eigenvalue weighted by atomic mass is 10.2. The first-order valence-electron chi connectivity index (χ1n) is 9.91. The van der Waals surface area contributed by atoms with Crippen molar-refractivity contribution in [1.29, 1.82) is 0 Å². The molecule has 0 fully saturated rings. The van der Waals surface area contributed by atoms with Crippen LogP contribution in [0.25, 0.3) is 10.9 Å². The van der Waals surface area contributed by atoms with E-state index in [1.165, 1.54) is 30.6 Å². The molecule has 0 saturated carbocycles. The number of hydrogen-bond acceptors (Lipinski definition) is 8. The molecule has 0 aliphatic rings. The van der Waals surface area contributed by atoms with Gasteiger partial charge in [0.05, 0.1) is 30.4 Å². The molecule has 9 nitrogen and oxygen atoms in total. The number of oxime groups is 1. The lowest BCUT2D eigenvalue weighted by molar-refractivity contribution is 0.123. The van der Waals surface area contributed by atoms with E-state index in [0.29, 0.717) is 16.5 Å². The summed E-state index contributed by atoms with van der Waals surface area (Å²) in [6.45, 7) is -0.119. The van der Waals surface area contributed by atoms with Crippen molar-refractivity contribution in [3.05, 3.63) is 94.0 Å². The van der Waals surface area contributed by atoms with E-state index >= 15 is 0 Å². The van der Waals surface area contributed by atoms with E-state index < -0.39 is 5.56 Å². The second-order valence-corrected chi connectivity index (χ2v) is 6.93. The maximum Gasteiger partial charge on any atom is 0.282 e. The summed E-state index contributed by atoms with van der Waals surface area (Å²) in [7, 11) is 1.59. The number of nitrogens with zero attached hydrogens (tertiary/aromatic N) is 4. The Morgan fingerprint density at radius 2 is 1.82 bits per heavy atom. The minimum Gasteiger partial charge on any atom is -0.508 e. The molecule has 0 amide bonds. The van der Waals surface area contributed by atoms with Crippen molar-refractivity contribution in [1.82, 2.24) is 9.66 Å². The van der Waals surface area contributed by atoms with Gasteiger partial charge in [-0.1, -0.05) is 17.3 Å². The highest BCUT2D eigenvalue weighted by atomic mass is 16.6. The van der Waals surface area contributed by atoms with E-state index in [4.69, 9.17) is 9.57 Å². The van der Waals surface area contributed by atoms with E-state index in [9.17, 15) is 15.0 Å². The Bertz CT molecular complexity index is 1390. The van der Waals surface area contributed by atoms with Gasteiger partial charge in [0.1, 0.15) is 17.2 Å². The molecule has 0 saturated heterocycles. The molecule has 33 heavy (non-hydrogen) atoms. The Kier molecular flexibility index (Phi) is 6.31. The van der Waals surface area contributed by atoms with Gasteiger partial charge in [-0.15, -0.1) is 0 Å². The molecule has 0 atom stereocenters. The summed E-state index contributed by atoms with van der Waals surface area (Å²) in [5, 5.41) is 28.0.